The Bertz CT molecular complexity index is 1030. The normalized spacial score (nSPS) is 23.4. The van der Waals surface area contributed by atoms with Crippen LogP contribution in [-0.4, -0.2) is 35.1 Å². The van der Waals surface area contributed by atoms with Crippen LogP contribution in [0.3, 0.4) is 0 Å². The van der Waals surface area contributed by atoms with E-state index in [0.717, 1.165) is 27.7 Å². The number of anilines is 1. The first-order valence-corrected chi connectivity index (χ1v) is 11.3. The molecule has 1 saturated heterocycles. The predicted octanol–water partition coefficient (Wildman–Crippen LogP) is 6.03. The molecular weight excluding hydrogens is 390 g/mol. The van der Waals surface area contributed by atoms with Crippen molar-refractivity contribution in [3.8, 4) is 0 Å². The second kappa shape index (κ2) is 7.95. The third-order valence-corrected chi connectivity index (χ3v) is 7.15. The van der Waals surface area contributed by atoms with Crippen molar-refractivity contribution in [2.45, 2.75) is 45.6 Å². The molecular formula is C25H29N3OS. The molecule has 2 heterocycles. The van der Waals surface area contributed by atoms with E-state index in [9.17, 15) is 4.79 Å². The highest BCUT2D eigenvalue weighted by Crippen LogP contribution is 2.43. The maximum atomic E-state index is 13.0. The fourth-order valence-corrected chi connectivity index (χ4v) is 5.38. The van der Waals surface area contributed by atoms with Crippen molar-refractivity contribution >= 4 is 40.3 Å². The smallest absolute Gasteiger partial charge is 0.266 e. The third kappa shape index (κ3) is 3.79. The first-order chi connectivity index (χ1) is 14.3. The number of para-hydroxylation sites is 1. The van der Waals surface area contributed by atoms with E-state index in [0.29, 0.717) is 12.5 Å². The number of carbonyl (C=O) groups excluding carboxylic acids is 1. The number of benzene rings is 2. The number of rotatable bonds is 3. The molecule has 0 radical (unpaired) electrons. The minimum Gasteiger partial charge on any atom is -0.369 e. The molecule has 1 amide bonds. The Balaban J connectivity index is 1.66. The van der Waals surface area contributed by atoms with E-state index in [1.807, 2.05) is 43.3 Å². The van der Waals surface area contributed by atoms with Crippen LogP contribution < -0.4 is 4.90 Å². The van der Waals surface area contributed by atoms with Gasteiger partial charge < -0.3 is 4.90 Å². The zero-order valence-electron chi connectivity index (χ0n) is 18.3. The molecule has 0 N–H and O–H groups in total. The number of hydrogen-bond acceptors (Lipinski definition) is 4. The van der Waals surface area contributed by atoms with Gasteiger partial charge in [-0.15, -0.1) is 0 Å². The second-order valence-electron chi connectivity index (χ2n) is 8.68. The van der Waals surface area contributed by atoms with Gasteiger partial charge in [0.15, 0.2) is 5.17 Å². The quantitative estimate of drug-likeness (QED) is 0.570. The molecule has 1 atom stereocenters. The van der Waals surface area contributed by atoms with E-state index >= 15 is 0 Å². The van der Waals surface area contributed by atoms with Gasteiger partial charge in [-0.25, -0.2) is 4.99 Å². The van der Waals surface area contributed by atoms with Crippen molar-refractivity contribution in [1.82, 2.24) is 4.90 Å². The van der Waals surface area contributed by atoms with Gasteiger partial charge in [0.1, 0.15) is 0 Å². The zero-order valence-corrected chi connectivity index (χ0v) is 19.2. The van der Waals surface area contributed by atoms with E-state index in [-0.39, 0.29) is 11.4 Å². The van der Waals surface area contributed by atoms with E-state index < -0.39 is 0 Å². The molecule has 2 aliphatic heterocycles. The summed E-state index contributed by atoms with van der Waals surface area (Å²) < 4.78 is 0. The van der Waals surface area contributed by atoms with E-state index in [2.05, 4.69) is 50.9 Å². The lowest BCUT2D eigenvalue weighted by atomic mass is 9.80. The van der Waals surface area contributed by atoms with Crippen LogP contribution in [0.25, 0.3) is 6.08 Å². The molecule has 4 nitrogen and oxygen atoms in total. The number of nitrogens with zero attached hydrogens (tertiary/aromatic N) is 3. The van der Waals surface area contributed by atoms with Gasteiger partial charge in [0.05, 0.1) is 10.6 Å². The van der Waals surface area contributed by atoms with Crippen molar-refractivity contribution in [1.29, 1.82) is 0 Å². The van der Waals surface area contributed by atoms with Crippen LogP contribution in [-0.2, 0) is 4.79 Å². The molecule has 5 heteroatoms. The van der Waals surface area contributed by atoms with Crippen LogP contribution in [0.1, 0.15) is 51.2 Å². The Labute approximate surface area is 183 Å². The predicted molar refractivity (Wildman–Crippen MR) is 128 cm³/mol. The van der Waals surface area contributed by atoms with Crippen molar-refractivity contribution in [3.63, 3.8) is 0 Å². The molecule has 2 aromatic carbocycles. The Hall–Kier alpha value is -2.53. The maximum absolute atomic E-state index is 13.0. The van der Waals surface area contributed by atoms with Gasteiger partial charge in [0.25, 0.3) is 5.91 Å². The molecule has 0 aromatic heterocycles. The van der Waals surface area contributed by atoms with Crippen LogP contribution in [0.2, 0.25) is 0 Å². The molecule has 4 rings (SSSR count). The maximum Gasteiger partial charge on any atom is 0.266 e. The lowest BCUT2D eigenvalue weighted by molar-refractivity contribution is -0.122. The summed E-state index contributed by atoms with van der Waals surface area (Å²) in [6.45, 7) is 9.48. The standard InChI is InChI=1S/C25H29N3OS/c1-6-28-23(29)22(30-24(28)26-19-10-8-7-9-11-19)15-18-12-13-21-20(14-18)17(2)16-25(3,4)27(21)5/h7-15,17H,6,16H2,1-5H3/b22-15-,26-24?/t17-/m1/s1. The van der Waals surface area contributed by atoms with Crippen LogP contribution in [0.5, 0.6) is 0 Å². The minimum absolute atomic E-state index is 0.0289. The van der Waals surface area contributed by atoms with Gasteiger partial charge in [0, 0.05) is 24.8 Å². The van der Waals surface area contributed by atoms with Crippen LogP contribution in [0.15, 0.2) is 58.4 Å². The first-order valence-electron chi connectivity index (χ1n) is 10.5. The fraction of sp³-hybridized carbons (Fsp3) is 0.360. The number of likely N-dealkylation sites (N-methyl/N-ethyl adjacent to an activating group) is 1. The zero-order chi connectivity index (χ0) is 21.5. The molecule has 2 aliphatic rings. The molecule has 2 aromatic rings. The summed E-state index contributed by atoms with van der Waals surface area (Å²) in [6, 6.07) is 16.4. The van der Waals surface area contributed by atoms with Crippen LogP contribution >= 0.6 is 11.8 Å². The van der Waals surface area contributed by atoms with Crippen LogP contribution in [0, 0.1) is 0 Å². The van der Waals surface area contributed by atoms with E-state index in [4.69, 9.17) is 4.99 Å². The molecule has 0 aliphatic carbocycles. The highest BCUT2D eigenvalue weighted by molar-refractivity contribution is 8.18. The van der Waals surface area contributed by atoms with Gasteiger partial charge in [-0.2, -0.15) is 0 Å². The highest BCUT2D eigenvalue weighted by Gasteiger charge is 2.35. The lowest BCUT2D eigenvalue weighted by Gasteiger charge is -2.45. The van der Waals surface area contributed by atoms with Crippen LogP contribution in [0.4, 0.5) is 11.4 Å². The molecule has 0 bridgehead atoms. The Morgan fingerprint density at radius 2 is 1.93 bits per heavy atom. The lowest BCUT2D eigenvalue weighted by Crippen LogP contribution is -2.45. The average molecular weight is 420 g/mol. The molecule has 30 heavy (non-hydrogen) atoms. The summed E-state index contributed by atoms with van der Waals surface area (Å²) in [7, 11) is 2.17. The van der Waals surface area contributed by atoms with Crippen molar-refractivity contribution in [2.75, 3.05) is 18.5 Å². The van der Waals surface area contributed by atoms with Crippen molar-refractivity contribution < 1.29 is 4.79 Å². The van der Waals surface area contributed by atoms with Gasteiger partial charge in [-0.1, -0.05) is 31.2 Å². The van der Waals surface area contributed by atoms with E-state index in [1.165, 1.54) is 23.0 Å². The van der Waals surface area contributed by atoms with Gasteiger partial charge >= 0.3 is 0 Å². The Morgan fingerprint density at radius 1 is 1.20 bits per heavy atom. The topological polar surface area (TPSA) is 35.9 Å². The summed E-state index contributed by atoms with van der Waals surface area (Å²) in [5, 5.41) is 0.743. The number of carbonyl (C=O) groups is 1. The van der Waals surface area contributed by atoms with Gasteiger partial charge in [-0.3, -0.25) is 9.69 Å². The molecule has 0 spiro atoms. The number of hydrogen-bond donors (Lipinski definition) is 0. The summed E-state index contributed by atoms with van der Waals surface area (Å²) in [5.74, 6) is 0.514. The number of amidine groups is 1. The summed E-state index contributed by atoms with van der Waals surface area (Å²) in [6.07, 6.45) is 3.12. The minimum atomic E-state index is 0.0289. The van der Waals surface area contributed by atoms with Gasteiger partial charge in [0.2, 0.25) is 0 Å². The number of fused-ring (bicyclic) bond motifs is 1. The van der Waals surface area contributed by atoms with E-state index in [1.54, 1.807) is 4.90 Å². The number of amides is 1. The van der Waals surface area contributed by atoms with Gasteiger partial charge in [-0.05, 0) is 86.3 Å². The summed E-state index contributed by atoms with van der Waals surface area (Å²) in [5.41, 5.74) is 4.72. The SMILES string of the molecule is CCN1C(=O)/C(=C/c2ccc3c(c2)[C@H](C)CC(C)(C)N3C)SC1=Nc1ccccc1. The summed E-state index contributed by atoms with van der Waals surface area (Å²) >= 11 is 1.46. The molecule has 0 unspecified atom stereocenters. The van der Waals surface area contributed by atoms with Crippen molar-refractivity contribution in [2.24, 2.45) is 4.99 Å². The van der Waals surface area contributed by atoms with Crippen molar-refractivity contribution in [3.05, 3.63) is 64.6 Å². The Kier molecular flexibility index (Phi) is 5.49. The average Bonchev–Trinajstić information content (AvgIpc) is 3.01. The molecule has 156 valence electrons. The summed E-state index contributed by atoms with van der Waals surface area (Å²) in [4.78, 5) is 22.5. The monoisotopic (exact) mass is 419 g/mol. The third-order valence-electron chi connectivity index (χ3n) is 6.14. The first kappa shape index (κ1) is 20.7. The number of aliphatic imine (C=N–C) groups is 1. The fourth-order valence-electron chi connectivity index (χ4n) is 4.32. The number of thioether (sulfide) groups is 1. The highest BCUT2D eigenvalue weighted by atomic mass is 32.2. The molecule has 0 saturated carbocycles. The second-order valence-corrected chi connectivity index (χ2v) is 9.69. The molecule has 1 fully saturated rings. The Morgan fingerprint density at radius 3 is 2.63 bits per heavy atom. The largest absolute Gasteiger partial charge is 0.369 e.